The van der Waals surface area contributed by atoms with Crippen molar-refractivity contribution in [2.75, 3.05) is 19.7 Å². The maximum absolute atomic E-state index is 13.8. The molecule has 1 aliphatic carbocycles. The highest BCUT2D eigenvalue weighted by atomic mass is 79.9. The first-order valence-electron chi connectivity index (χ1n) is 10.8. The van der Waals surface area contributed by atoms with Crippen molar-refractivity contribution in [2.24, 2.45) is 5.92 Å². The molecule has 1 aromatic carbocycles. The van der Waals surface area contributed by atoms with Gasteiger partial charge in [0.1, 0.15) is 0 Å². The number of ether oxygens (including phenoxy) is 1. The van der Waals surface area contributed by atoms with Crippen LogP contribution < -0.4 is 17.0 Å². The first-order chi connectivity index (χ1) is 14.3. The van der Waals surface area contributed by atoms with E-state index >= 15 is 0 Å². The molecule has 174 valence electrons. The Morgan fingerprint density at radius 2 is 1.87 bits per heavy atom. The Balaban J connectivity index is 0.00000341. The van der Waals surface area contributed by atoms with E-state index in [4.69, 9.17) is 4.74 Å². The summed E-state index contributed by atoms with van der Waals surface area (Å²) < 4.78 is 33.1. The van der Waals surface area contributed by atoms with Crippen LogP contribution >= 0.6 is 0 Å². The second kappa shape index (κ2) is 10.8. The number of carbonyl (C=O) groups excluding carboxylic acids is 1. The SMILES string of the molecule is CCCN1C=CN(CCCOC(=O)[C@](O)(c2ccccc2)[C@H]2CCC(F)(F)C2)C1C.[Br-]. The quantitative estimate of drug-likeness (QED) is 0.405. The smallest absolute Gasteiger partial charge is 0.343 e. The molecule has 31 heavy (non-hydrogen) atoms. The number of rotatable bonds is 9. The Morgan fingerprint density at radius 1 is 1.23 bits per heavy atom. The normalized spacial score (nSPS) is 24.0. The van der Waals surface area contributed by atoms with Crippen LogP contribution in [0.1, 0.15) is 51.5 Å². The van der Waals surface area contributed by atoms with Crippen molar-refractivity contribution < 1.29 is 40.4 Å². The van der Waals surface area contributed by atoms with E-state index in [2.05, 4.69) is 29.8 Å². The standard InChI is InChI=1S/C23H32F2N2O3.BrH/c1-3-12-26-14-15-27(18(26)2)13-7-16-30-21(28)23(29,19-8-5-4-6-9-19)20-10-11-22(24,25)17-20;/h4-6,8-9,14-15,18,20,29H,3,7,10-13,16-17H2,1-2H3;1H/p-1/t18?,20-,23-;/m0./s1. The van der Waals surface area contributed by atoms with Gasteiger partial charge < -0.3 is 36.6 Å². The highest BCUT2D eigenvalue weighted by Crippen LogP contribution is 2.47. The molecule has 1 aromatic rings. The minimum Gasteiger partial charge on any atom is -1.00 e. The molecule has 0 saturated heterocycles. The lowest BCUT2D eigenvalue weighted by molar-refractivity contribution is -0.175. The van der Waals surface area contributed by atoms with E-state index in [9.17, 15) is 18.7 Å². The van der Waals surface area contributed by atoms with Gasteiger partial charge in [-0.25, -0.2) is 13.6 Å². The highest BCUT2D eigenvalue weighted by molar-refractivity contribution is 5.81. The number of carbonyl (C=O) groups is 1. The van der Waals surface area contributed by atoms with E-state index in [1.165, 1.54) is 0 Å². The van der Waals surface area contributed by atoms with Crippen LogP contribution in [-0.2, 0) is 15.1 Å². The lowest BCUT2D eigenvalue weighted by Gasteiger charge is -2.32. The van der Waals surface area contributed by atoms with Crippen molar-refractivity contribution in [3.63, 3.8) is 0 Å². The van der Waals surface area contributed by atoms with E-state index in [0.717, 1.165) is 13.0 Å². The third-order valence-electron chi connectivity index (χ3n) is 6.20. The van der Waals surface area contributed by atoms with Crippen LogP contribution in [0.2, 0.25) is 0 Å². The monoisotopic (exact) mass is 501 g/mol. The molecule has 0 bridgehead atoms. The van der Waals surface area contributed by atoms with Crippen LogP contribution in [0, 0.1) is 5.92 Å². The fourth-order valence-electron chi connectivity index (χ4n) is 4.43. The molecule has 0 aromatic heterocycles. The Bertz CT molecular complexity index is 750. The maximum atomic E-state index is 13.8. The highest BCUT2D eigenvalue weighted by Gasteiger charge is 2.54. The van der Waals surface area contributed by atoms with Gasteiger partial charge in [0.05, 0.1) is 12.8 Å². The summed E-state index contributed by atoms with van der Waals surface area (Å²) in [7, 11) is 0. The zero-order chi connectivity index (χ0) is 21.8. The van der Waals surface area contributed by atoms with Gasteiger partial charge in [-0.15, -0.1) is 0 Å². The van der Waals surface area contributed by atoms with Crippen LogP contribution in [0.3, 0.4) is 0 Å². The van der Waals surface area contributed by atoms with Crippen molar-refractivity contribution in [1.82, 2.24) is 9.80 Å². The third kappa shape index (κ3) is 5.77. The van der Waals surface area contributed by atoms with Crippen LogP contribution in [0.4, 0.5) is 8.78 Å². The van der Waals surface area contributed by atoms with Crippen molar-refractivity contribution in [2.45, 2.75) is 63.6 Å². The number of alkyl halides is 2. The summed E-state index contributed by atoms with van der Waals surface area (Å²) >= 11 is 0. The third-order valence-corrected chi connectivity index (χ3v) is 6.20. The number of benzene rings is 1. The molecule has 0 radical (unpaired) electrons. The average molecular weight is 502 g/mol. The number of aliphatic hydroxyl groups is 1. The van der Waals surface area contributed by atoms with Crippen LogP contribution in [-0.4, -0.2) is 52.7 Å². The van der Waals surface area contributed by atoms with Crippen molar-refractivity contribution >= 4 is 5.97 Å². The lowest BCUT2D eigenvalue weighted by atomic mass is 9.80. The molecule has 1 aliphatic heterocycles. The van der Waals surface area contributed by atoms with Gasteiger partial charge in [-0.05, 0) is 31.7 Å². The average Bonchev–Trinajstić information content (AvgIpc) is 3.28. The molecule has 1 fully saturated rings. The summed E-state index contributed by atoms with van der Waals surface area (Å²) in [6.07, 6.45) is 5.24. The summed E-state index contributed by atoms with van der Waals surface area (Å²) in [5.41, 5.74) is -1.75. The molecule has 1 saturated carbocycles. The number of nitrogens with zero attached hydrogens (tertiary/aromatic N) is 2. The molecule has 2 aliphatic rings. The Morgan fingerprint density at radius 3 is 2.45 bits per heavy atom. The van der Waals surface area contributed by atoms with Crippen LogP contribution in [0.5, 0.6) is 0 Å². The van der Waals surface area contributed by atoms with Crippen molar-refractivity contribution in [3.8, 4) is 0 Å². The van der Waals surface area contributed by atoms with Gasteiger partial charge in [-0.1, -0.05) is 37.3 Å². The second-order valence-electron chi connectivity index (χ2n) is 8.32. The molecule has 5 nitrogen and oxygen atoms in total. The number of halogens is 3. The van der Waals surface area contributed by atoms with Crippen LogP contribution in [0.25, 0.3) is 0 Å². The van der Waals surface area contributed by atoms with E-state index in [1.807, 2.05) is 6.20 Å². The summed E-state index contributed by atoms with van der Waals surface area (Å²) in [4.78, 5) is 17.3. The second-order valence-corrected chi connectivity index (χ2v) is 8.32. The molecule has 0 spiro atoms. The molecule has 3 rings (SSSR count). The first-order valence-corrected chi connectivity index (χ1v) is 10.8. The van der Waals surface area contributed by atoms with E-state index in [-0.39, 0.29) is 42.6 Å². The fourth-order valence-corrected chi connectivity index (χ4v) is 4.43. The molecule has 1 N–H and O–H groups in total. The first kappa shape index (κ1) is 25.6. The predicted octanol–water partition coefficient (Wildman–Crippen LogP) is 1.09. The van der Waals surface area contributed by atoms with Crippen molar-refractivity contribution in [3.05, 3.63) is 48.3 Å². The van der Waals surface area contributed by atoms with E-state index in [0.29, 0.717) is 18.5 Å². The predicted molar refractivity (Wildman–Crippen MR) is 111 cm³/mol. The molecule has 0 amide bonds. The van der Waals surface area contributed by atoms with E-state index < -0.39 is 29.8 Å². The van der Waals surface area contributed by atoms with Crippen molar-refractivity contribution in [1.29, 1.82) is 0 Å². The fraction of sp³-hybridized carbons (Fsp3) is 0.609. The number of hydrogen-bond donors (Lipinski definition) is 1. The zero-order valence-corrected chi connectivity index (χ0v) is 19.7. The molecule has 1 unspecified atom stereocenters. The van der Waals surface area contributed by atoms with Gasteiger partial charge in [0, 0.05) is 44.2 Å². The largest absolute Gasteiger partial charge is 1.00 e. The van der Waals surface area contributed by atoms with Gasteiger partial charge in [-0.3, -0.25) is 0 Å². The summed E-state index contributed by atoms with van der Waals surface area (Å²) in [5.74, 6) is -4.57. The summed E-state index contributed by atoms with van der Waals surface area (Å²) in [6, 6.07) is 8.31. The van der Waals surface area contributed by atoms with Gasteiger partial charge in [-0.2, -0.15) is 0 Å². The molecular formula is C23H32BrF2N2O3-. The molecular weight excluding hydrogens is 470 g/mol. The summed E-state index contributed by atoms with van der Waals surface area (Å²) in [5, 5.41) is 11.3. The Hall–Kier alpha value is -1.67. The Kier molecular flexibility index (Phi) is 8.89. The molecule has 3 atom stereocenters. The minimum atomic E-state index is -2.86. The van der Waals surface area contributed by atoms with Gasteiger partial charge in [0.2, 0.25) is 5.92 Å². The lowest BCUT2D eigenvalue weighted by Crippen LogP contribution is -3.00. The van der Waals surface area contributed by atoms with Crippen LogP contribution in [0.15, 0.2) is 42.7 Å². The summed E-state index contributed by atoms with van der Waals surface area (Å²) in [6.45, 7) is 6.07. The topological polar surface area (TPSA) is 53.0 Å². The Labute approximate surface area is 193 Å². The zero-order valence-electron chi connectivity index (χ0n) is 18.1. The van der Waals surface area contributed by atoms with Gasteiger partial charge >= 0.3 is 5.97 Å². The van der Waals surface area contributed by atoms with Gasteiger partial charge in [0.15, 0.2) is 5.60 Å². The number of esters is 1. The maximum Gasteiger partial charge on any atom is 0.343 e. The number of hydrogen-bond acceptors (Lipinski definition) is 5. The van der Waals surface area contributed by atoms with Gasteiger partial charge in [0.25, 0.3) is 0 Å². The molecule has 1 heterocycles. The van der Waals surface area contributed by atoms with E-state index in [1.54, 1.807) is 30.3 Å². The molecule has 8 heteroatoms. The minimum absolute atomic E-state index is 0.